The number of carbonyl (C=O) groups is 1. The largest absolute Gasteiger partial charge is 0.493 e. The quantitative estimate of drug-likeness (QED) is 0.630. The van der Waals surface area contributed by atoms with Gasteiger partial charge in [-0.15, -0.1) is 0 Å². The fraction of sp³-hybridized carbons (Fsp3) is 0.364. The molecule has 0 aliphatic heterocycles. The zero-order valence-electron chi connectivity index (χ0n) is 10.9. The third-order valence-corrected chi connectivity index (χ3v) is 3.84. The second-order valence-corrected chi connectivity index (χ2v) is 5.40. The summed E-state index contributed by atoms with van der Waals surface area (Å²) < 4.78 is 35.8. The fourth-order valence-corrected chi connectivity index (χ4v) is 2.58. The number of benzene rings is 1. The molecule has 112 valence electrons. The molecule has 0 amide bonds. The van der Waals surface area contributed by atoms with Crippen LogP contribution < -0.4 is 14.2 Å². The molecule has 0 unspecified atom stereocenters. The second-order valence-electron chi connectivity index (χ2n) is 3.63. The predicted molar refractivity (Wildman–Crippen MR) is 68.8 cm³/mol. The number of aliphatic hydroxyl groups is 1. The van der Waals surface area contributed by atoms with Gasteiger partial charge in [-0.25, -0.2) is 17.9 Å². The summed E-state index contributed by atoms with van der Waals surface area (Å²) in [5, 5.41) is 17.7. The Morgan fingerprint density at radius 2 is 1.95 bits per heavy atom. The first-order valence-corrected chi connectivity index (χ1v) is 6.95. The van der Waals surface area contributed by atoms with Gasteiger partial charge < -0.3 is 19.7 Å². The number of carboxylic acid groups (broad SMARTS) is 1. The van der Waals surface area contributed by atoms with Crippen molar-refractivity contribution in [2.45, 2.75) is 4.90 Å². The molecule has 0 saturated heterocycles. The van der Waals surface area contributed by atoms with Gasteiger partial charge in [-0.1, -0.05) is 0 Å². The molecule has 1 aromatic rings. The molecule has 0 bridgehead atoms. The number of aliphatic hydroxyl groups excluding tert-OH is 1. The highest BCUT2D eigenvalue weighted by atomic mass is 32.2. The van der Waals surface area contributed by atoms with E-state index < -0.39 is 16.0 Å². The molecule has 0 aromatic heterocycles. The van der Waals surface area contributed by atoms with Gasteiger partial charge in [-0.05, 0) is 6.07 Å². The van der Waals surface area contributed by atoms with Gasteiger partial charge in [0.25, 0.3) is 0 Å². The maximum Gasteiger partial charge on any atom is 0.339 e. The van der Waals surface area contributed by atoms with Crippen LogP contribution in [0.25, 0.3) is 0 Å². The molecule has 0 aliphatic carbocycles. The minimum Gasteiger partial charge on any atom is -0.493 e. The highest BCUT2D eigenvalue weighted by Crippen LogP contribution is 2.34. The van der Waals surface area contributed by atoms with Crippen LogP contribution in [0.2, 0.25) is 0 Å². The lowest BCUT2D eigenvalue weighted by atomic mass is 10.2. The number of rotatable bonds is 7. The Labute approximate surface area is 116 Å². The SMILES string of the molecule is COc1cc(S(=O)(=O)NCCO)cc(C(=O)O)c1OC. The van der Waals surface area contributed by atoms with Crippen molar-refractivity contribution in [1.29, 1.82) is 0 Å². The molecule has 0 fully saturated rings. The van der Waals surface area contributed by atoms with Crippen LogP contribution >= 0.6 is 0 Å². The maximum atomic E-state index is 11.9. The van der Waals surface area contributed by atoms with Gasteiger partial charge in [0.1, 0.15) is 5.56 Å². The molecule has 0 heterocycles. The van der Waals surface area contributed by atoms with E-state index in [-0.39, 0.29) is 35.1 Å². The van der Waals surface area contributed by atoms with Gasteiger partial charge in [-0.3, -0.25) is 0 Å². The van der Waals surface area contributed by atoms with Gasteiger partial charge >= 0.3 is 5.97 Å². The highest BCUT2D eigenvalue weighted by molar-refractivity contribution is 7.89. The van der Waals surface area contributed by atoms with E-state index in [0.29, 0.717) is 0 Å². The number of methoxy groups -OCH3 is 2. The van der Waals surface area contributed by atoms with E-state index in [1.807, 2.05) is 0 Å². The molecule has 9 heteroatoms. The van der Waals surface area contributed by atoms with Gasteiger partial charge in [-0.2, -0.15) is 0 Å². The van der Waals surface area contributed by atoms with Crippen LogP contribution in [-0.2, 0) is 10.0 Å². The van der Waals surface area contributed by atoms with Gasteiger partial charge in [0.05, 0.1) is 25.7 Å². The smallest absolute Gasteiger partial charge is 0.339 e. The monoisotopic (exact) mass is 305 g/mol. The topological polar surface area (TPSA) is 122 Å². The molecule has 0 saturated carbocycles. The number of carboxylic acids is 1. The van der Waals surface area contributed by atoms with Crippen molar-refractivity contribution in [2.24, 2.45) is 0 Å². The van der Waals surface area contributed by atoms with Crippen LogP contribution in [0.1, 0.15) is 10.4 Å². The standard InChI is InChI=1S/C11H15NO7S/c1-18-9-6-7(20(16,17)12-3-4-13)5-8(11(14)15)10(9)19-2/h5-6,12-13H,3-4H2,1-2H3,(H,14,15). The predicted octanol–water partition coefficient (Wildman–Crippen LogP) is -0.327. The highest BCUT2D eigenvalue weighted by Gasteiger charge is 2.23. The van der Waals surface area contributed by atoms with Crippen LogP contribution in [-0.4, -0.2) is 52.0 Å². The van der Waals surface area contributed by atoms with Crippen molar-refractivity contribution in [3.8, 4) is 11.5 Å². The van der Waals surface area contributed by atoms with Crippen molar-refractivity contribution in [2.75, 3.05) is 27.4 Å². The van der Waals surface area contributed by atoms with E-state index in [4.69, 9.17) is 19.7 Å². The molecule has 3 N–H and O–H groups in total. The van der Waals surface area contributed by atoms with Gasteiger partial charge in [0.2, 0.25) is 10.0 Å². The normalized spacial score (nSPS) is 11.2. The first-order chi connectivity index (χ1) is 9.37. The third kappa shape index (κ3) is 3.38. The molecule has 20 heavy (non-hydrogen) atoms. The van der Waals surface area contributed by atoms with Crippen LogP contribution in [0.3, 0.4) is 0 Å². The molecule has 0 radical (unpaired) electrons. The van der Waals surface area contributed by atoms with E-state index in [0.717, 1.165) is 12.1 Å². The minimum absolute atomic E-state index is 0.0169. The lowest BCUT2D eigenvalue weighted by molar-refractivity contribution is 0.0692. The molecular weight excluding hydrogens is 290 g/mol. The van der Waals surface area contributed by atoms with Crippen molar-refractivity contribution in [3.05, 3.63) is 17.7 Å². The van der Waals surface area contributed by atoms with E-state index in [2.05, 4.69) is 4.72 Å². The number of hydrogen-bond acceptors (Lipinski definition) is 6. The Morgan fingerprint density at radius 1 is 1.30 bits per heavy atom. The zero-order chi connectivity index (χ0) is 15.3. The molecule has 0 spiro atoms. The van der Waals surface area contributed by atoms with Crippen LogP contribution in [0, 0.1) is 0 Å². The molecule has 1 aromatic carbocycles. The lowest BCUT2D eigenvalue weighted by Gasteiger charge is -2.13. The van der Waals surface area contributed by atoms with Crippen LogP contribution in [0.5, 0.6) is 11.5 Å². The lowest BCUT2D eigenvalue weighted by Crippen LogP contribution is -2.27. The van der Waals surface area contributed by atoms with Crippen molar-refractivity contribution >= 4 is 16.0 Å². The summed E-state index contributed by atoms with van der Waals surface area (Å²) >= 11 is 0. The average molecular weight is 305 g/mol. The Bertz CT molecular complexity index is 597. The van der Waals surface area contributed by atoms with E-state index in [1.165, 1.54) is 14.2 Å². The van der Waals surface area contributed by atoms with Crippen LogP contribution in [0.4, 0.5) is 0 Å². The number of ether oxygens (including phenoxy) is 2. The molecule has 0 aliphatic rings. The Balaban J connectivity index is 3.43. The molecule has 1 rings (SSSR count). The Morgan fingerprint density at radius 3 is 2.40 bits per heavy atom. The van der Waals surface area contributed by atoms with Crippen molar-refractivity contribution < 1.29 is 32.9 Å². The van der Waals surface area contributed by atoms with E-state index in [9.17, 15) is 13.2 Å². The van der Waals surface area contributed by atoms with E-state index >= 15 is 0 Å². The zero-order valence-corrected chi connectivity index (χ0v) is 11.7. The first kappa shape index (κ1) is 16.2. The van der Waals surface area contributed by atoms with Crippen LogP contribution in [0.15, 0.2) is 17.0 Å². The molecule has 0 atom stereocenters. The summed E-state index contributed by atoms with van der Waals surface area (Å²) in [6.07, 6.45) is 0. The summed E-state index contributed by atoms with van der Waals surface area (Å²) in [5.74, 6) is -1.43. The average Bonchev–Trinajstić information content (AvgIpc) is 2.43. The summed E-state index contributed by atoms with van der Waals surface area (Å²) in [5.41, 5.74) is -0.337. The number of hydrogen-bond donors (Lipinski definition) is 3. The number of sulfonamides is 1. The first-order valence-electron chi connectivity index (χ1n) is 5.47. The van der Waals surface area contributed by atoms with Crippen molar-refractivity contribution in [3.63, 3.8) is 0 Å². The summed E-state index contributed by atoms with van der Waals surface area (Å²) in [6.45, 7) is -0.558. The number of aromatic carboxylic acids is 1. The van der Waals surface area contributed by atoms with Gasteiger partial charge in [0, 0.05) is 12.6 Å². The summed E-state index contributed by atoms with van der Waals surface area (Å²) in [6, 6.07) is 2.11. The molecular formula is C11H15NO7S. The molecule has 8 nitrogen and oxygen atoms in total. The van der Waals surface area contributed by atoms with E-state index in [1.54, 1.807) is 0 Å². The van der Waals surface area contributed by atoms with Gasteiger partial charge in [0.15, 0.2) is 11.5 Å². The Kier molecular flexibility index (Phi) is 5.31. The second kappa shape index (κ2) is 6.55. The summed E-state index contributed by atoms with van der Waals surface area (Å²) in [7, 11) is -1.43. The minimum atomic E-state index is -3.94. The third-order valence-electron chi connectivity index (χ3n) is 2.40. The summed E-state index contributed by atoms with van der Waals surface area (Å²) in [4.78, 5) is 10.9. The van der Waals surface area contributed by atoms with Crippen molar-refractivity contribution in [1.82, 2.24) is 4.72 Å². The maximum absolute atomic E-state index is 11.9. The fourth-order valence-electron chi connectivity index (χ4n) is 1.52. The number of nitrogens with one attached hydrogen (secondary N) is 1. The Hall–Kier alpha value is -1.84.